The highest BCUT2D eigenvalue weighted by Crippen LogP contribution is 2.43. The first kappa shape index (κ1) is 21.7. The van der Waals surface area contributed by atoms with E-state index in [1.54, 1.807) is 26.2 Å². The van der Waals surface area contributed by atoms with Crippen molar-refractivity contribution in [1.29, 1.82) is 0 Å². The van der Waals surface area contributed by atoms with Crippen LogP contribution in [0.2, 0.25) is 0 Å². The van der Waals surface area contributed by atoms with E-state index in [1.807, 2.05) is 26.0 Å². The number of amides is 3. The Morgan fingerprint density at radius 2 is 1.68 bits per heavy atom. The van der Waals surface area contributed by atoms with Crippen LogP contribution >= 0.6 is 0 Å². The van der Waals surface area contributed by atoms with Crippen molar-refractivity contribution in [2.75, 3.05) is 47.5 Å². The Balaban J connectivity index is 2.40. The van der Waals surface area contributed by atoms with Crippen molar-refractivity contribution < 1.29 is 23.8 Å². The summed E-state index contributed by atoms with van der Waals surface area (Å²) in [6.07, 6.45) is 0.855. The second-order valence-corrected chi connectivity index (χ2v) is 6.70. The molecule has 8 heteroatoms. The largest absolute Gasteiger partial charge is 0.493 e. The van der Waals surface area contributed by atoms with Crippen LogP contribution in [-0.2, 0) is 4.79 Å². The number of nitrogens with one attached hydrogen (secondary N) is 2. The molecule has 1 saturated heterocycles. The Hall–Kier alpha value is -2.64. The molecule has 1 aromatic rings. The molecule has 1 aromatic carbocycles. The molecule has 1 heterocycles. The molecule has 3 amide bonds. The van der Waals surface area contributed by atoms with Gasteiger partial charge in [0, 0.05) is 32.1 Å². The lowest BCUT2D eigenvalue weighted by Crippen LogP contribution is -2.40. The van der Waals surface area contributed by atoms with Crippen molar-refractivity contribution in [2.24, 2.45) is 5.92 Å². The fourth-order valence-electron chi connectivity index (χ4n) is 3.53. The number of ether oxygens (including phenoxy) is 3. The Morgan fingerprint density at radius 3 is 2.18 bits per heavy atom. The third kappa shape index (κ3) is 4.61. The third-order valence-corrected chi connectivity index (χ3v) is 4.94. The summed E-state index contributed by atoms with van der Waals surface area (Å²) in [7, 11) is 4.66. The number of methoxy groups -OCH3 is 3. The van der Waals surface area contributed by atoms with E-state index in [1.165, 1.54) is 0 Å². The maximum absolute atomic E-state index is 12.8. The molecule has 2 atom stereocenters. The predicted octanol–water partition coefficient (Wildman–Crippen LogP) is 1.98. The molecule has 2 N–H and O–H groups in total. The summed E-state index contributed by atoms with van der Waals surface area (Å²) in [5, 5.41) is 5.77. The highest BCUT2D eigenvalue weighted by Gasteiger charge is 2.41. The molecule has 0 aromatic heterocycles. The molecular weight excluding hydrogens is 362 g/mol. The second-order valence-electron chi connectivity index (χ2n) is 6.70. The first-order valence-electron chi connectivity index (χ1n) is 9.60. The molecule has 0 spiro atoms. The van der Waals surface area contributed by atoms with Crippen LogP contribution in [0.3, 0.4) is 0 Å². The SMILES string of the molecule is CCCNC(=O)[C@H]1CN(C(=O)NCC)C[C@H]1c1cc(OC)c(OC)c(OC)c1. The van der Waals surface area contributed by atoms with E-state index in [2.05, 4.69) is 10.6 Å². The molecule has 28 heavy (non-hydrogen) atoms. The van der Waals surface area contributed by atoms with Crippen molar-refractivity contribution in [3.63, 3.8) is 0 Å². The van der Waals surface area contributed by atoms with Crippen LogP contribution in [0.1, 0.15) is 31.7 Å². The Labute approximate surface area is 166 Å². The monoisotopic (exact) mass is 393 g/mol. The van der Waals surface area contributed by atoms with Gasteiger partial charge in [0.25, 0.3) is 0 Å². The molecule has 1 aliphatic rings. The number of nitrogens with zero attached hydrogens (tertiary/aromatic N) is 1. The van der Waals surface area contributed by atoms with E-state index in [-0.39, 0.29) is 23.8 Å². The van der Waals surface area contributed by atoms with Crippen LogP contribution in [0.4, 0.5) is 4.79 Å². The lowest BCUT2D eigenvalue weighted by molar-refractivity contribution is -0.124. The summed E-state index contributed by atoms with van der Waals surface area (Å²) in [5.41, 5.74) is 0.873. The number of rotatable bonds is 8. The number of benzene rings is 1. The molecule has 0 aliphatic carbocycles. The molecule has 0 bridgehead atoms. The molecule has 2 rings (SSSR count). The van der Waals surface area contributed by atoms with Gasteiger partial charge in [-0.05, 0) is 31.0 Å². The number of urea groups is 1. The topological polar surface area (TPSA) is 89.1 Å². The number of likely N-dealkylation sites (tertiary alicyclic amines) is 1. The van der Waals surface area contributed by atoms with Gasteiger partial charge >= 0.3 is 6.03 Å². The lowest BCUT2D eigenvalue weighted by Gasteiger charge is -2.21. The zero-order valence-electron chi connectivity index (χ0n) is 17.3. The zero-order valence-corrected chi connectivity index (χ0v) is 17.3. The maximum atomic E-state index is 12.8. The normalized spacial score (nSPS) is 18.5. The molecule has 0 saturated carbocycles. The van der Waals surface area contributed by atoms with Gasteiger partial charge in [0.2, 0.25) is 11.7 Å². The van der Waals surface area contributed by atoms with Gasteiger partial charge in [0.1, 0.15) is 0 Å². The van der Waals surface area contributed by atoms with Crippen molar-refractivity contribution in [3.8, 4) is 17.2 Å². The average Bonchev–Trinajstić information content (AvgIpc) is 3.16. The first-order valence-corrected chi connectivity index (χ1v) is 9.60. The molecule has 156 valence electrons. The summed E-state index contributed by atoms with van der Waals surface area (Å²) in [6.45, 7) is 5.83. The molecule has 1 aliphatic heterocycles. The third-order valence-electron chi connectivity index (χ3n) is 4.94. The fourth-order valence-corrected chi connectivity index (χ4v) is 3.53. The summed E-state index contributed by atoms with van der Waals surface area (Å²) >= 11 is 0. The van der Waals surface area contributed by atoms with E-state index in [0.29, 0.717) is 43.4 Å². The predicted molar refractivity (Wildman–Crippen MR) is 106 cm³/mol. The number of hydrogen-bond donors (Lipinski definition) is 2. The lowest BCUT2D eigenvalue weighted by atomic mass is 9.88. The van der Waals surface area contributed by atoms with Gasteiger partial charge in [-0.3, -0.25) is 4.79 Å². The maximum Gasteiger partial charge on any atom is 0.317 e. The molecule has 1 fully saturated rings. The van der Waals surface area contributed by atoms with E-state index >= 15 is 0 Å². The van der Waals surface area contributed by atoms with Crippen LogP contribution in [0, 0.1) is 5.92 Å². The van der Waals surface area contributed by atoms with Crippen molar-refractivity contribution in [1.82, 2.24) is 15.5 Å². The smallest absolute Gasteiger partial charge is 0.317 e. The summed E-state index contributed by atoms with van der Waals surface area (Å²) in [6, 6.07) is 3.55. The molecular formula is C20H31N3O5. The number of hydrogen-bond acceptors (Lipinski definition) is 5. The zero-order chi connectivity index (χ0) is 20.7. The van der Waals surface area contributed by atoms with Crippen LogP contribution in [0.5, 0.6) is 17.2 Å². The van der Waals surface area contributed by atoms with Gasteiger partial charge in [-0.15, -0.1) is 0 Å². The minimum Gasteiger partial charge on any atom is -0.493 e. The first-order chi connectivity index (χ1) is 13.5. The summed E-state index contributed by atoms with van der Waals surface area (Å²) < 4.78 is 16.3. The standard InChI is InChI=1S/C20H31N3O5/c1-6-8-22-19(24)15-12-23(20(25)21-7-2)11-14(15)13-9-16(26-3)18(28-5)17(10-13)27-4/h9-10,14-15H,6-8,11-12H2,1-5H3,(H,21,25)(H,22,24)/t14-,15-/m0/s1. The molecule has 8 nitrogen and oxygen atoms in total. The minimum absolute atomic E-state index is 0.0487. The van der Waals surface area contributed by atoms with Gasteiger partial charge < -0.3 is 29.7 Å². The number of carbonyl (C=O) groups is 2. The van der Waals surface area contributed by atoms with Gasteiger partial charge in [-0.2, -0.15) is 0 Å². The van der Waals surface area contributed by atoms with E-state index in [0.717, 1.165) is 12.0 Å². The van der Waals surface area contributed by atoms with Crippen LogP contribution in [0.25, 0.3) is 0 Å². The summed E-state index contributed by atoms with van der Waals surface area (Å²) in [5.74, 6) is 0.985. The van der Waals surface area contributed by atoms with Gasteiger partial charge in [0.15, 0.2) is 11.5 Å². The van der Waals surface area contributed by atoms with Crippen molar-refractivity contribution in [3.05, 3.63) is 17.7 Å². The van der Waals surface area contributed by atoms with Crippen LogP contribution < -0.4 is 24.8 Å². The molecule has 0 radical (unpaired) electrons. The average molecular weight is 393 g/mol. The van der Waals surface area contributed by atoms with E-state index in [9.17, 15) is 9.59 Å². The highest BCUT2D eigenvalue weighted by molar-refractivity contribution is 5.83. The van der Waals surface area contributed by atoms with E-state index < -0.39 is 0 Å². The Kier molecular flexibility index (Phi) is 7.78. The minimum atomic E-state index is -0.350. The Morgan fingerprint density at radius 1 is 1.04 bits per heavy atom. The highest BCUT2D eigenvalue weighted by atomic mass is 16.5. The number of carbonyl (C=O) groups excluding carboxylic acids is 2. The van der Waals surface area contributed by atoms with Crippen LogP contribution in [-0.4, -0.2) is 64.3 Å². The fraction of sp³-hybridized carbons (Fsp3) is 0.600. The van der Waals surface area contributed by atoms with Gasteiger partial charge in [-0.1, -0.05) is 6.92 Å². The summed E-state index contributed by atoms with van der Waals surface area (Å²) in [4.78, 5) is 26.8. The molecule has 0 unspecified atom stereocenters. The Bertz CT molecular complexity index is 669. The van der Waals surface area contributed by atoms with Gasteiger partial charge in [0.05, 0.1) is 27.2 Å². The second kappa shape index (κ2) is 10.1. The van der Waals surface area contributed by atoms with Gasteiger partial charge in [-0.25, -0.2) is 4.79 Å². The quantitative estimate of drug-likeness (QED) is 0.705. The van der Waals surface area contributed by atoms with Crippen molar-refractivity contribution >= 4 is 11.9 Å². The van der Waals surface area contributed by atoms with Crippen LogP contribution in [0.15, 0.2) is 12.1 Å². The van der Waals surface area contributed by atoms with E-state index in [4.69, 9.17) is 14.2 Å². The van der Waals surface area contributed by atoms with Crippen molar-refractivity contribution in [2.45, 2.75) is 26.2 Å².